The molecule has 1 atom stereocenters. The van der Waals surface area contributed by atoms with Gasteiger partial charge in [0, 0.05) is 35.6 Å². The van der Waals surface area contributed by atoms with Gasteiger partial charge in [0.15, 0.2) is 5.13 Å². The Balaban J connectivity index is 1.51. The zero-order valence-corrected chi connectivity index (χ0v) is 20.6. The maximum absolute atomic E-state index is 12.9. The van der Waals surface area contributed by atoms with Gasteiger partial charge in [0.1, 0.15) is 6.04 Å². The van der Waals surface area contributed by atoms with Gasteiger partial charge in [-0.2, -0.15) is 0 Å². The lowest BCUT2D eigenvalue weighted by molar-refractivity contribution is -0.141. The number of rotatable bonds is 9. The molecule has 1 amide bonds. The average Bonchev–Trinajstić information content (AvgIpc) is 3.49. The van der Waals surface area contributed by atoms with Crippen LogP contribution < -0.4 is 4.90 Å². The molecule has 34 heavy (non-hydrogen) atoms. The van der Waals surface area contributed by atoms with Crippen LogP contribution in [-0.2, 0) is 11.3 Å². The van der Waals surface area contributed by atoms with E-state index >= 15 is 0 Å². The van der Waals surface area contributed by atoms with Crippen molar-refractivity contribution in [2.75, 3.05) is 18.0 Å². The van der Waals surface area contributed by atoms with E-state index in [4.69, 9.17) is 4.98 Å². The van der Waals surface area contributed by atoms with Crippen LogP contribution >= 0.6 is 11.3 Å². The van der Waals surface area contributed by atoms with Crippen molar-refractivity contribution >= 4 is 28.3 Å². The molecule has 0 bridgehead atoms. The number of amides is 1. The summed E-state index contributed by atoms with van der Waals surface area (Å²) in [6, 6.07) is 17.1. The van der Waals surface area contributed by atoms with E-state index in [1.54, 1.807) is 11.3 Å². The molecular formula is C27H31N3O3S. The monoisotopic (exact) mass is 477 g/mol. The number of hydrogen-bond donors (Lipinski definition) is 1. The molecule has 1 aliphatic rings. The molecule has 2 heterocycles. The minimum absolute atomic E-state index is 0.206. The van der Waals surface area contributed by atoms with Crippen molar-refractivity contribution in [3.05, 3.63) is 70.6 Å². The first-order valence-corrected chi connectivity index (χ1v) is 12.7. The number of carboxylic acid groups (broad SMARTS) is 1. The zero-order chi connectivity index (χ0) is 24.1. The number of anilines is 1. The van der Waals surface area contributed by atoms with Gasteiger partial charge in [-0.05, 0) is 43.9 Å². The summed E-state index contributed by atoms with van der Waals surface area (Å²) < 4.78 is 0. The van der Waals surface area contributed by atoms with Gasteiger partial charge in [-0.15, -0.1) is 11.3 Å². The van der Waals surface area contributed by atoms with Crippen LogP contribution in [0.4, 0.5) is 5.13 Å². The SMILES string of the molecule is CCCCN(Cc1ccc(C(=O)N2CCCC2C(=O)O)cc1)c1nc(-c2ccccc2)c(C)s1. The summed E-state index contributed by atoms with van der Waals surface area (Å²) in [5.74, 6) is -1.13. The molecule has 0 radical (unpaired) electrons. The second-order valence-corrected chi connectivity index (χ2v) is 9.92. The van der Waals surface area contributed by atoms with Gasteiger partial charge in [-0.25, -0.2) is 9.78 Å². The minimum Gasteiger partial charge on any atom is -0.480 e. The summed E-state index contributed by atoms with van der Waals surface area (Å²) in [4.78, 5) is 34.3. The van der Waals surface area contributed by atoms with E-state index < -0.39 is 12.0 Å². The van der Waals surface area contributed by atoms with Gasteiger partial charge in [0.2, 0.25) is 0 Å². The van der Waals surface area contributed by atoms with Crippen LogP contribution in [0.15, 0.2) is 54.6 Å². The van der Waals surface area contributed by atoms with Gasteiger partial charge in [-0.1, -0.05) is 55.8 Å². The Labute approximate surface area is 204 Å². The van der Waals surface area contributed by atoms with Crippen molar-refractivity contribution in [1.29, 1.82) is 0 Å². The first-order valence-electron chi connectivity index (χ1n) is 11.9. The molecule has 2 aromatic carbocycles. The maximum atomic E-state index is 12.9. The van der Waals surface area contributed by atoms with E-state index in [-0.39, 0.29) is 5.91 Å². The highest BCUT2D eigenvalue weighted by molar-refractivity contribution is 7.16. The second-order valence-electron chi connectivity index (χ2n) is 8.73. The number of aromatic nitrogens is 1. The fourth-order valence-electron chi connectivity index (χ4n) is 4.38. The lowest BCUT2D eigenvalue weighted by Gasteiger charge is -2.23. The lowest BCUT2D eigenvalue weighted by Crippen LogP contribution is -2.40. The Kier molecular flexibility index (Phi) is 7.63. The maximum Gasteiger partial charge on any atom is 0.326 e. The van der Waals surface area contributed by atoms with E-state index in [1.165, 1.54) is 9.78 Å². The smallest absolute Gasteiger partial charge is 0.326 e. The summed E-state index contributed by atoms with van der Waals surface area (Å²) in [7, 11) is 0. The Bertz CT molecular complexity index is 1130. The average molecular weight is 478 g/mol. The Morgan fingerprint density at radius 2 is 1.88 bits per heavy atom. The van der Waals surface area contributed by atoms with Crippen LogP contribution in [0.5, 0.6) is 0 Å². The van der Waals surface area contributed by atoms with Crippen molar-refractivity contribution in [3.63, 3.8) is 0 Å². The third-order valence-electron chi connectivity index (χ3n) is 6.26. The first-order chi connectivity index (χ1) is 16.5. The summed E-state index contributed by atoms with van der Waals surface area (Å²) in [5.41, 5.74) is 3.79. The molecule has 0 saturated carbocycles. The predicted molar refractivity (Wildman–Crippen MR) is 136 cm³/mol. The molecule has 7 heteroatoms. The molecule has 6 nitrogen and oxygen atoms in total. The highest BCUT2D eigenvalue weighted by Gasteiger charge is 2.34. The summed E-state index contributed by atoms with van der Waals surface area (Å²) in [5, 5.41) is 10.4. The van der Waals surface area contributed by atoms with Crippen LogP contribution in [0, 0.1) is 6.92 Å². The molecule has 1 N–H and O–H groups in total. The van der Waals surface area contributed by atoms with E-state index in [9.17, 15) is 14.7 Å². The molecule has 0 spiro atoms. The van der Waals surface area contributed by atoms with Crippen molar-refractivity contribution in [3.8, 4) is 11.3 Å². The Morgan fingerprint density at radius 1 is 1.15 bits per heavy atom. The number of aryl methyl sites for hydroxylation is 1. The second kappa shape index (κ2) is 10.8. The quantitative estimate of drug-likeness (QED) is 0.433. The number of nitrogens with zero attached hydrogens (tertiary/aromatic N) is 3. The van der Waals surface area contributed by atoms with Gasteiger partial charge < -0.3 is 14.9 Å². The molecule has 1 unspecified atom stereocenters. The number of carbonyl (C=O) groups is 2. The summed E-state index contributed by atoms with van der Waals surface area (Å²) in [6.45, 7) is 6.41. The molecule has 1 fully saturated rings. The molecule has 4 rings (SSSR count). The molecule has 1 aromatic heterocycles. The van der Waals surface area contributed by atoms with Crippen LogP contribution in [0.25, 0.3) is 11.3 Å². The number of unbranched alkanes of at least 4 members (excludes halogenated alkanes) is 1. The standard InChI is InChI=1S/C27H31N3O3S/c1-3-4-16-29(27-28-24(19(2)34-27)21-9-6-5-7-10-21)18-20-12-14-22(15-13-20)25(31)30-17-8-11-23(30)26(32)33/h5-7,9-10,12-15,23H,3-4,8,11,16-18H2,1-2H3,(H,32,33). The van der Waals surface area contributed by atoms with Crippen molar-refractivity contribution in [2.45, 2.75) is 52.1 Å². The van der Waals surface area contributed by atoms with Crippen LogP contribution in [-0.4, -0.2) is 46.0 Å². The molecule has 1 aliphatic heterocycles. The fourth-order valence-corrected chi connectivity index (χ4v) is 5.33. The van der Waals surface area contributed by atoms with Gasteiger partial charge in [-0.3, -0.25) is 4.79 Å². The Hall–Kier alpha value is -3.19. The largest absolute Gasteiger partial charge is 0.480 e. The topological polar surface area (TPSA) is 73.7 Å². The highest BCUT2D eigenvalue weighted by Crippen LogP contribution is 2.33. The number of aliphatic carboxylic acids is 1. The third kappa shape index (κ3) is 5.30. The van der Waals surface area contributed by atoms with Crippen molar-refractivity contribution in [1.82, 2.24) is 9.88 Å². The van der Waals surface area contributed by atoms with Crippen LogP contribution in [0.2, 0.25) is 0 Å². The fraction of sp³-hybridized carbons (Fsp3) is 0.370. The number of benzene rings is 2. The minimum atomic E-state index is -0.928. The van der Waals surface area contributed by atoms with E-state index in [0.717, 1.165) is 47.8 Å². The molecule has 1 saturated heterocycles. The van der Waals surface area contributed by atoms with Crippen molar-refractivity contribution < 1.29 is 14.7 Å². The number of hydrogen-bond acceptors (Lipinski definition) is 5. The molecule has 3 aromatic rings. The van der Waals surface area contributed by atoms with Gasteiger partial charge in [0.25, 0.3) is 5.91 Å². The van der Waals surface area contributed by atoms with Crippen LogP contribution in [0.3, 0.4) is 0 Å². The Morgan fingerprint density at radius 3 is 2.56 bits per heavy atom. The van der Waals surface area contributed by atoms with Gasteiger partial charge >= 0.3 is 5.97 Å². The van der Waals surface area contributed by atoms with Gasteiger partial charge in [0.05, 0.1) is 5.69 Å². The first kappa shape index (κ1) is 24.0. The molecular weight excluding hydrogens is 446 g/mol. The summed E-state index contributed by atoms with van der Waals surface area (Å²) in [6.07, 6.45) is 3.41. The summed E-state index contributed by atoms with van der Waals surface area (Å²) >= 11 is 1.71. The number of carboxylic acids is 1. The van der Waals surface area contributed by atoms with E-state index in [1.807, 2.05) is 42.5 Å². The zero-order valence-electron chi connectivity index (χ0n) is 19.7. The van der Waals surface area contributed by atoms with E-state index in [0.29, 0.717) is 25.1 Å². The van der Waals surface area contributed by atoms with Crippen LogP contribution in [0.1, 0.15) is 53.4 Å². The van der Waals surface area contributed by atoms with Crippen molar-refractivity contribution in [2.24, 2.45) is 0 Å². The molecule has 178 valence electrons. The normalized spacial score (nSPS) is 15.5. The molecule has 0 aliphatic carbocycles. The number of thiazole rings is 1. The third-order valence-corrected chi connectivity index (χ3v) is 7.29. The van der Waals surface area contributed by atoms with E-state index in [2.05, 4.69) is 30.9 Å². The predicted octanol–water partition coefficient (Wildman–Crippen LogP) is 5.61. The highest BCUT2D eigenvalue weighted by atomic mass is 32.1. The number of carbonyl (C=O) groups excluding carboxylic acids is 1. The lowest BCUT2D eigenvalue weighted by atomic mass is 10.1. The number of likely N-dealkylation sites (tertiary alicyclic amines) is 1.